The lowest BCUT2D eigenvalue weighted by Gasteiger charge is -2.13. The SMILES string of the molecule is Cc1cc(C(=O)CSc2nc3sc4c(c3c(=O)n2C)CCC4)c(C)n1C(C)C. The Morgan fingerprint density at radius 2 is 2.07 bits per heavy atom. The predicted molar refractivity (Wildman–Crippen MR) is 116 cm³/mol. The maximum Gasteiger partial charge on any atom is 0.262 e. The van der Waals surface area contributed by atoms with Gasteiger partial charge in [-0.3, -0.25) is 14.2 Å². The number of rotatable bonds is 5. The molecule has 3 aromatic heterocycles. The number of carbonyl (C=O) groups excluding carboxylic acids is 1. The number of Topliss-reactive ketones (excluding diaryl/α,β-unsaturated/α-hetero) is 1. The number of thiophene rings is 1. The third-order valence-corrected chi connectivity index (χ3v) is 7.75. The van der Waals surface area contributed by atoms with Crippen LogP contribution in [0.2, 0.25) is 0 Å². The molecule has 0 spiro atoms. The van der Waals surface area contributed by atoms with Gasteiger partial charge in [0.25, 0.3) is 5.56 Å². The summed E-state index contributed by atoms with van der Waals surface area (Å²) >= 11 is 2.99. The molecule has 0 aromatic carbocycles. The van der Waals surface area contributed by atoms with Crippen molar-refractivity contribution in [3.8, 4) is 0 Å². The second-order valence-electron chi connectivity index (χ2n) is 7.76. The van der Waals surface area contributed by atoms with Gasteiger partial charge >= 0.3 is 0 Å². The van der Waals surface area contributed by atoms with Crippen LogP contribution in [0.5, 0.6) is 0 Å². The van der Waals surface area contributed by atoms with Crippen molar-refractivity contribution in [3.05, 3.63) is 43.8 Å². The number of ketones is 1. The molecule has 0 aliphatic heterocycles. The van der Waals surface area contributed by atoms with Gasteiger partial charge in [0.05, 0.1) is 11.1 Å². The molecule has 4 rings (SSSR count). The summed E-state index contributed by atoms with van der Waals surface area (Å²) < 4.78 is 3.79. The minimum Gasteiger partial charge on any atom is -0.346 e. The standard InChI is InChI=1S/C21H25N3O2S2/c1-11(2)24-12(3)9-15(13(24)4)16(25)10-27-21-22-19-18(20(26)23(21)5)14-7-6-8-17(14)28-19/h9,11H,6-8,10H2,1-5H3. The molecule has 7 heteroatoms. The van der Waals surface area contributed by atoms with Gasteiger partial charge in [-0.2, -0.15) is 0 Å². The molecule has 0 atom stereocenters. The largest absolute Gasteiger partial charge is 0.346 e. The minimum absolute atomic E-state index is 0.0114. The normalized spacial score (nSPS) is 13.6. The molecule has 0 N–H and O–H groups in total. The van der Waals surface area contributed by atoms with Crippen molar-refractivity contribution in [2.45, 2.75) is 58.2 Å². The summed E-state index contributed by atoms with van der Waals surface area (Å²) in [6, 6.07) is 2.29. The molecular formula is C21H25N3O2S2. The molecule has 0 amide bonds. The van der Waals surface area contributed by atoms with E-state index in [9.17, 15) is 9.59 Å². The van der Waals surface area contributed by atoms with Crippen molar-refractivity contribution in [1.82, 2.24) is 14.1 Å². The summed E-state index contributed by atoms with van der Waals surface area (Å²) in [5, 5.41) is 1.40. The Labute approximate surface area is 172 Å². The summed E-state index contributed by atoms with van der Waals surface area (Å²) in [5.41, 5.74) is 4.07. The monoisotopic (exact) mass is 415 g/mol. The molecular weight excluding hydrogens is 390 g/mol. The maximum atomic E-state index is 12.9. The summed E-state index contributed by atoms with van der Waals surface area (Å²) in [6.45, 7) is 8.27. The Balaban J connectivity index is 1.61. The molecule has 3 heterocycles. The van der Waals surface area contributed by atoms with Crippen LogP contribution < -0.4 is 5.56 Å². The first-order valence-corrected chi connectivity index (χ1v) is 11.5. The van der Waals surface area contributed by atoms with E-state index in [0.29, 0.717) is 11.2 Å². The average molecular weight is 416 g/mol. The van der Waals surface area contributed by atoms with Crippen LogP contribution in [0.3, 0.4) is 0 Å². The second-order valence-corrected chi connectivity index (χ2v) is 9.78. The van der Waals surface area contributed by atoms with Crippen molar-refractivity contribution in [2.75, 3.05) is 5.75 Å². The summed E-state index contributed by atoms with van der Waals surface area (Å²) in [6.07, 6.45) is 3.15. The Morgan fingerprint density at radius 1 is 1.32 bits per heavy atom. The van der Waals surface area contributed by atoms with Crippen LogP contribution in [0.25, 0.3) is 10.2 Å². The van der Waals surface area contributed by atoms with E-state index in [-0.39, 0.29) is 17.1 Å². The fourth-order valence-corrected chi connectivity index (χ4v) is 6.45. The zero-order valence-corrected chi connectivity index (χ0v) is 18.6. The quantitative estimate of drug-likeness (QED) is 0.351. The number of hydrogen-bond acceptors (Lipinski definition) is 5. The lowest BCUT2D eigenvalue weighted by atomic mass is 10.2. The summed E-state index contributed by atoms with van der Waals surface area (Å²) in [4.78, 5) is 32.6. The number of aromatic nitrogens is 3. The molecule has 0 bridgehead atoms. The molecule has 1 aliphatic carbocycles. The highest BCUT2D eigenvalue weighted by Gasteiger charge is 2.23. The lowest BCUT2D eigenvalue weighted by molar-refractivity contribution is 0.102. The fourth-order valence-electron chi connectivity index (χ4n) is 4.30. The van der Waals surface area contributed by atoms with Crippen LogP contribution in [-0.2, 0) is 19.9 Å². The van der Waals surface area contributed by atoms with Gasteiger partial charge in [-0.25, -0.2) is 4.98 Å². The first-order valence-electron chi connectivity index (χ1n) is 9.65. The molecule has 0 unspecified atom stereocenters. The zero-order chi connectivity index (χ0) is 20.2. The topological polar surface area (TPSA) is 56.9 Å². The lowest BCUT2D eigenvalue weighted by Crippen LogP contribution is -2.20. The summed E-state index contributed by atoms with van der Waals surface area (Å²) in [5.74, 6) is 0.354. The highest BCUT2D eigenvalue weighted by molar-refractivity contribution is 7.99. The first kappa shape index (κ1) is 19.5. The smallest absolute Gasteiger partial charge is 0.262 e. The van der Waals surface area contributed by atoms with Gasteiger partial charge in [0.15, 0.2) is 10.9 Å². The molecule has 0 radical (unpaired) electrons. The molecule has 5 nitrogen and oxygen atoms in total. The number of hydrogen-bond donors (Lipinski definition) is 0. The van der Waals surface area contributed by atoms with E-state index in [1.165, 1.54) is 22.2 Å². The Bertz CT molecular complexity index is 1150. The highest BCUT2D eigenvalue weighted by atomic mass is 32.2. The van der Waals surface area contributed by atoms with Gasteiger partial charge in [-0.15, -0.1) is 11.3 Å². The highest BCUT2D eigenvalue weighted by Crippen LogP contribution is 2.35. The van der Waals surface area contributed by atoms with E-state index in [4.69, 9.17) is 4.98 Å². The Kier molecular flexibility index (Phi) is 5.00. The van der Waals surface area contributed by atoms with Crippen molar-refractivity contribution >= 4 is 39.1 Å². The molecule has 28 heavy (non-hydrogen) atoms. The fraction of sp³-hybridized carbons (Fsp3) is 0.476. The Hall–Kier alpha value is -1.86. The number of nitrogens with zero attached hydrogens (tertiary/aromatic N) is 3. The molecule has 3 aromatic rings. The van der Waals surface area contributed by atoms with Gasteiger partial charge in [-0.1, -0.05) is 11.8 Å². The van der Waals surface area contributed by atoms with Crippen LogP contribution in [0, 0.1) is 13.8 Å². The summed E-state index contributed by atoms with van der Waals surface area (Å²) in [7, 11) is 1.76. The zero-order valence-electron chi connectivity index (χ0n) is 17.0. The average Bonchev–Trinajstić information content (AvgIpc) is 3.29. The van der Waals surface area contributed by atoms with Crippen molar-refractivity contribution < 1.29 is 4.79 Å². The van der Waals surface area contributed by atoms with Crippen molar-refractivity contribution in [2.24, 2.45) is 7.05 Å². The van der Waals surface area contributed by atoms with Gasteiger partial charge < -0.3 is 4.57 Å². The third-order valence-electron chi connectivity index (χ3n) is 5.54. The first-order chi connectivity index (χ1) is 13.3. The van der Waals surface area contributed by atoms with E-state index in [1.54, 1.807) is 23.0 Å². The number of fused-ring (bicyclic) bond motifs is 3. The Morgan fingerprint density at radius 3 is 2.75 bits per heavy atom. The third kappa shape index (κ3) is 3.05. The van der Waals surface area contributed by atoms with Crippen molar-refractivity contribution in [3.63, 3.8) is 0 Å². The van der Waals surface area contributed by atoms with Crippen LogP contribution in [0.15, 0.2) is 16.0 Å². The molecule has 0 saturated heterocycles. The maximum absolute atomic E-state index is 12.9. The van der Waals surface area contributed by atoms with Crippen molar-refractivity contribution in [1.29, 1.82) is 0 Å². The molecule has 0 fully saturated rings. The van der Waals surface area contributed by atoms with E-state index in [0.717, 1.165) is 46.4 Å². The van der Waals surface area contributed by atoms with Gasteiger partial charge in [0.1, 0.15) is 4.83 Å². The van der Waals surface area contributed by atoms with E-state index in [1.807, 2.05) is 19.9 Å². The second kappa shape index (κ2) is 7.19. The van der Waals surface area contributed by atoms with Crippen LogP contribution >= 0.6 is 23.1 Å². The van der Waals surface area contributed by atoms with E-state index in [2.05, 4.69) is 18.4 Å². The molecule has 0 saturated carbocycles. The molecule has 1 aliphatic rings. The van der Waals surface area contributed by atoms with Crippen LogP contribution in [-0.4, -0.2) is 25.7 Å². The van der Waals surface area contributed by atoms with Gasteiger partial charge in [0.2, 0.25) is 0 Å². The number of thioether (sulfide) groups is 1. The minimum atomic E-state index is 0.0114. The van der Waals surface area contributed by atoms with Gasteiger partial charge in [-0.05, 0) is 58.6 Å². The van der Waals surface area contributed by atoms with Crippen LogP contribution in [0.4, 0.5) is 0 Å². The molecule has 148 valence electrons. The predicted octanol–water partition coefficient (Wildman–Crippen LogP) is 4.46. The number of aryl methyl sites for hydroxylation is 3. The number of carbonyl (C=O) groups is 1. The van der Waals surface area contributed by atoms with Crippen LogP contribution in [0.1, 0.15) is 58.5 Å². The van der Waals surface area contributed by atoms with E-state index >= 15 is 0 Å². The van der Waals surface area contributed by atoms with E-state index < -0.39 is 0 Å². The van der Waals surface area contributed by atoms with Gasteiger partial charge in [0, 0.05) is 34.9 Å².